The van der Waals surface area contributed by atoms with Crippen LogP contribution in [0.5, 0.6) is 0 Å². The maximum atomic E-state index is 12.2. The van der Waals surface area contributed by atoms with E-state index in [2.05, 4.69) is 5.32 Å². The van der Waals surface area contributed by atoms with Gasteiger partial charge >= 0.3 is 5.97 Å². The zero-order valence-electron chi connectivity index (χ0n) is 15.4. The number of aromatic carboxylic acids is 1. The Balaban J connectivity index is 1.81. The fourth-order valence-electron chi connectivity index (χ4n) is 2.77. The molecule has 0 aliphatic rings. The molecule has 0 saturated heterocycles. The molecule has 30 heavy (non-hydrogen) atoms. The number of carboxylic acid groups (broad SMARTS) is 1. The first-order chi connectivity index (χ1) is 14.3. The summed E-state index contributed by atoms with van der Waals surface area (Å²) < 4.78 is 0. The van der Waals surface area contributed by atoms with Gasteiger partial charge in [-0.05, 0) is 53.1 Å². The number of carbonyl (C=O) groups excluding carboxylic acids is 1. The van der Waals surface area contributed by atoms with Crippen molar-refractivity contribution in [2.75, 3.05) is 5.32 Å². The normalized spacial score (nSPS) is 10.7. The Bertz CT molecular complexity index is 1160. The smallest absolute Gasteiger partial charge is 0.335 e. The highest BCUT2D eigenvalue weighted by Gasteiger charge is 2.14. The third-order valence-electron chi connectivity index (χ3n) is 4.23. The van der Waals surface area contributed by atoms with Crippen LogP contribution in [0.4, 0.5) is 11.4 Å². The molecule has 3 aromatic carbocycles. The quantitative estimate of drug-likeness (QED) is 0.319. The van der Waals surface area contributed by atoms with Crippen LogP contribution in [-0.2, 0) is 4.79 Å². The third kappa shape index (κ3) is 4.89. The van der Waals surface area contributed by atoms with E-state index in [1.165, 1.54) is 42.5 Å². The van der Waals surface area contributed by atoms with Crippen molar-refractivity contribution in [1.82, 2.24) is 0 Å². The molecule has 3 aromatic rings. The highest BCUT2D eigenvalue weighted by molar-refractivity contribution is 6.32. The second kappa shape index (κ2) is 9.02. The van der Waals surface area contributed by atoms with Crippen LogP contribution in [0, 0.1) is 10.1 Å². The number of nitro benzene ring substituents is 1. The summed E-state index contributed by atoms with van der Waals surface area (Å²) in [6.07, 6.45) is 2.92. The lowest BCUT2D eigenvalue weighted by molar-refractivity contribution is -0.384. The minimum atomic E-state index is -1.05. The number of hydrogen-bond donors (Lipinski definition) is 2. The predicted octanol–water partition coefficient (Wildman–Crippen LogP) is 5.27. The molecule has 0 aromatic heterocycles. The molecule has 150 valence electrons. The second-order valence-corrected chi connectivity index (χ2v) is 6.62. The van der Waals surface area contributed by atoms with Crippen LogP contribution in [0.1, 0.15) is 15.9 Å². The number of rotatable bonds is 6. The van der Waals surface area contributed by atoms with Crippen molar-refractivity contribution in [2.45, 2.75) is 0 Å². The van der Waals surface area contributed by atoms with Crippen LogP contribution < -0.4 is 5.32 Å². The highest BCUT2D eigenvalue weighted by atomic mass is 35.5. The van der Waals surface area contributed by atoms with Gasteiger partial charge in [-0.15, -0.1) is 0 Å². The Morgan fingerprint density at radius 2 is 1.73 bits per heavy atom. The van der Waals surface area contributed by atoms with E-state index >= 15 is 0 Å². The number of hydrogen-bond acceptors (Lipinski definition) is 4. The lowest BCUT2D eigenvalue weighted by Crippen LogP contribution is -2.08. The summed E-state index contributed by atoms with van der Waals surface area (Å²) in [6.45, 7) is 0. The molecule has 0 radical (unpaired) electrons. The van der Waals surface area contributed by atoms with E-state index in [9.17, 15) is 19.7 Å². The summed E-state index contributed by atoms with van der Waals surface area (Å²) in [5.41, 5.74) is 2.36. The number of carboxylic acids is 1. The number of nitrogens with zero attached hydrogens (tertiary/aromatic N) is 1. The van der Waals surface area contributed by atoms with E-state index in [4.69, 9.17) is 16.7 Å². The lowest BCUT2D eigenvalue weighted by Gasteiger charge is -2.07. The van der Waals surface area contributed by atoms with Gasteiger partial charge in [-0.2, -0.15) is 0 Å². The van der Waals surface area contributed by atoms with Gasteiger partial charge in [0.2, 0.25) is 5.91 Å². The summed E-state index contributed by atoms with van der Waals surface area (Å²) >= 11 is 5.88. The standard InChI is InChI=1S/C22H15ClN2O5/c23-19-11-7-16(13-20(19)25(29)30)18-4-2-1-3-14(18)8-12-21(26)24-17-9-5-15(6-10-17)22(27)28/h1-13H,(H,24,26)(H,27,28)/b12-8+. The van der Waals surface area contributed by atoms with Gasteiger partial charge in [0.05, 0.1) is 10.5 Å². The summed E-state index contributed by atoms with van der Waals surface area (Å²) in [7, 11) is 0. The van der Waals surface area contributed by atoms with Gasteiger partial charge in [-0.1, -0.05) is 41.9 Å². The van der Waals surface area contributed by atoms with Gasteiger partial charge < -0.3 is 10.4 Å². The molecular weight excluding hydrogens is 408 g/mol. The first kappa shape index (κ1) is 20.8. The topological polar surface area (TPSA) is 110 Å². The van der Waals surface area contributed by atoms with Crippen molar-refractivity contribution in [3.63, 3.8) is 0 Å². The Morgan fingerprint density at radius 1 is 1.03 bits per heavy atom. The van der Waals surface area contributed by atoms with Crippen LogP contribution in [-0.4, -0.2) is 21.9 Å². The SMILES string of the molecule is O=C(/C=C/c1ccccc1-c1ccc(Cl)c([N+](=O)[O-])c1)Nc1ccc(C(=O)O)cc1. The van der Waals surface area contributed by atoms with Crippen molar-refractivity contribution in [3.05, 3.63) is 99.1 Å². The molecule has 2 N–H and O–H groups in total. The molecule has 3 rings (SSSR count). The minimum absolute atomic E-state index is 0.0464. The largest absolute Gasteiger partial charge is 0.478 e. The maximum Gasteiger partial charge on any atom is 0.335 e. The Morgan fingerprint density at radius 3 is 2.40 bits per heavy atom. The van der Waals surface area contributed by atoms with Gasteiger partial charge in [-0.3, -0.25) is 14.9 Å². The van der Waals surface area contributed by atoms with Crippen molar-refractivity contribution in [3.8, 4) is 11.1 Å². The Hall–Kier alpha value is -3.97. The van der Waals surface area contributed by atoms with Gasteiger partial charge in [-0.25, -0.2) is 4.79 Å². The molecular formula is C22H15ClN2O5. The number of amides is 1. The third-order valence-corrected chi connectivity index (χ3v) is 4.55. The highest BCUT2D eigenvalue weighted by Crippen LogP contribution is 2.32. The number of carbonyl (C=O) groups is 2. The first-order valence-corrected chi connectivity index (χ1v) is 9.08. The predicted molar refractivity (Wildman–Crippen MR) is 115 cm³/mol. The molecule has 0 atom stereocenters. The lowest BCUT2D eigenvalue weighted by atomic mass is 9.99. The van der Waals surface area contributed by atoms with E-state index in [1.807, 2.05) is 0 Å². The molecule has 0 fully saturated rings. The van der Waals surface area contributed by atoms with E-state index in [0.717, 1.165) is 0 Å². The molecule has 0 heterocycles. The average molecular weight is 423 g/mol. The molecule has 7 nitrogen and oxygen atoms in total. The van der Waals surface area contributed by atoms with Crippen molar-refractivity contribution in [1.29, 1.82) is 0 Å². The summed E-state index contributed by atoms with van der Waals surface area (Å²) in [6, 6.07) is 17.4. The second-order valence-electron chi connectivity index (χ2n) is 6.22. The van der Waals surface area contributed by atoms with Crippen LogP contribution in [0.25, 0.3) is 17.2 Å². The minimum Gasteiger partial charge on any atom is -0.478 e. The zero-order chi connectivity index (χ0) is 21.7. The number of nitrogens with one attached hydrogen (secondary N) is 1. The summed E-state index contributed by atoms with van der Waals surface area (Å²) in [5.74, 6) is -1.46. The van der Waals surface area contributed by atoms with E-state index in [0.29, 0.717) is 22.4 Å². The fourth-order valence-corrected chi connectivity index (χ4v) is 2.96. The number of nitro groups is 1. The molecule has 0 aliphatic carbocycles. The van der Waals surface area contributed by atoms with Crippen LogP contribution in [0.3, 0.4) is 0 Å². The van der Waals surface area contributed by atoms with Gasteiger partial charge in [0.1, 0.15) is 5.02 Å². The number of halogens is 1. The first-order valence-electron chi connectivity index (χ1n) is 8.71. The van der Waals surface area contributed by atoms with Gasteiger partial charge in [0.15, 0.2) is 0 Å². The summed E-state index contributed by atoms with van der Waals surface area (Å²) in [4.78, 5) is 33.7. The van der Waals surface area contributed by atoms with E-state index in [-0.39, 0.29) is 16.3 Å². The number of anilines is 1. The average Bonchev–Trinajstić information content (AvgIpc) is 2.73. The van der Waals surface area contributed by atoms with Gasteiger partial charge in [0.25, 0.3) is 5.69 Å². The monoisotopic (exact) mass is 422 g/mol. The molecule has 0 bridgehead atoms. The zero-order valence-corrected chi connectivity index (χ0v) is 16.2. The van der Waals surface area contributed by atoms with Crippen LogP contribution >= 0.6 is 11.6 Å². The van der Waals surface area contributed by atoms with Crippen molar-refractivity contribution < 1.29 is 19.6 Å². The summed E-state index contributed by atoms with van der Waals surface area (Å²) in [5, 5.41) is 22.8. The van der Waals surface area contributed by atoms with Crippen molar-refractivity contribution in [2.24, 2.45) is 0 Å². The van der Waals surface area contributed by atoms with Crippen LogP contribution in [0.15, 0.2) is 72.8 Å². The molecule has 0 unspecified atom stereocenters. The molecule has 1 amide bonds. The Kier molecular flexibility index (Phi) is 6.24. The molecule has 0 spiro atoms. The Labute approximate surface area is 176 Å². The van der Waals surface area contributed by atoms with E-state index < -0.39 is 16.8 Å². The molecule has 0 saturated carbocycles. The fraction of sp³-hybridized carbons (Fsp3) is 0. The van der Waals surface area contributed by atoms with E-state index in [1.54, 1.807) is 36.4 Å². The molecule has 0 aliphatic heterocycles. The number of benzene rings is 3. The van der Waals surface area contributed by atoms with Gasteiger partial charge in [0, 0.05) is 17.8 Å². The van der Waals surface area contributed by atoms with Crippen LogP contribution in [0.2, 0.25) is 5.02 Å². The van der Waals surface area contributed by atoms with Crippen molar-refractivity contribution >= 4 is 40.9 Å². The maximum absolute atomic E-state index is 12.2. The molecule has 8 heteroatoms.